The molecule has 0 radical (unpaired) electrons. The van der Waals surface area contributed by atoms with Gasteiger partial charge in [-0.05, 0) is 31.0 Å². The van der Waals surface area contributed by atoms with Crippen molar-refractivity contribution in [1.82, 2.24) is 15.0 Å². The summed E-state index contributed by atoms with van der Waals surface area (Å²) in [5.41, 5.74) is 1.74. The number of hydrogen-bond acceptors (Lipinski definition) is 8. The highest BCUT2D eigenvalue weighted by Crippen LogP contribution is 2.23. The van der Waals surface area contributed by atoms with Gasteiger partial charge in [0, 0.05) is 36.6 Å². The molecule has 0 saturated carbocycles. The number of anilines is 3. The van der Waals surface area contributed by atoms with E-state index in [2.05, 4.69) is 25.2 Å². The molecular weight excluding hydrogens is 374 g/mol. The second-order valence-electron chi connectivity index (χ2n) is 6.55. The number of nitrogens with zero attached hydrogens (tertiary/aromatic N) is 4. The fourth-order valence-electron chi connectivity index (χ4n) is 3.11. The van der Waals surface area contributed by atoms with Crippen LogP contribution in [0.4, 0.5) is 16.8 Å². The zero-order chi connectivity index (χ0) is 19.2. The quantitative estimate of drug-likeness (QED) is 0.638. The molecule has 1 aliphatic heterocycles. The van der Waals surface area contributed by atoms with E-state index in [0.717, 1.165) is 48.4 Å². The fraction of sp³-hybridized carbons (Fsp3) is 0.300. The van der Waals surface area contributed by atoms with Gasteiger partial charge in [0.05, 0.1) is 11.6 Å². The van der Waals surface area contributed by atoms with Gasteiger partial charge in [0.2, 0.25) is 5.95 Å². The lowest BCUT2D eigenvalue weighted by molar-refractivity contribution is -0.150. The molecule has 8 heteroatoms. The molecule has 1 aromatic carbocycles. The number of hydrogen-bond donors (Lipinski definition) is 1. The number of piperidine rings is 1. The maximum Gasteiger partial charge on any atom is 0.309 e. The smallest absolute Gasteiger partial charge is 0.309 e. The molecule has 3 heterocycles. The number of carbonyl (C=O) groups excluding carboxylic acids is 1. The highest BCUT2D eigenvalue weighted by atomic mass is 32.1. The highest BCUT2D eigenvalue weighted by molar-refractivity contribution is 7.13. The van der Waals surface area contributed by atoms with E-state index >= 15 is 0 Å². The Morgan fingerprint density at radius 3 is 2.64 bits per heavy atom. The van der Waals surface area contributed by atoms with Gasteiger partial charge in [0.25, 0.3) is 0 Å². The van der Waals surface area contributed by atoms with Gasteiger partial charge in [-0.3, -0.25) is 4.79 Å². The molecule has 3 aromatic rings. The van der Waals surface area contributed by atoms with Crippen molar-refractivity contribution < 1.29 is 9.53 Å². The molecule has 7 nitrogen and oxygen atoms in total. The van der Waals surface area contributed by atoms with Crippen molar-refractivity contribution in [2.24, 2.45) is 5.92 Å². The van der Waals surface area contributed by atoms with Crippen molar-refractivity contribution in [2.45, 2.75) is 19.4 Å². The first kappa shape index (κ1) is 18.4. The number of ether oxygens (including phenoxy) is 1. The zero-order valence-corrected chi connectivity index (χ0v) is 16.1. The Morgan fingerprint density at radius 1 is 1.14 bits per heavy atom. The molecule has 0 unspecified atom stereocenters. The third-order valence-electron chi connectivity index (χ3n) is 4.60. The van der Waals surface area contributed by atoms with Crippen LogP contribution < -0.4 is 10.2 Å². The maximum absolute atomic E-state index is 12.4. The Kier molecular flexibility index (Phi) is 5.77. The number of aromatic nitrogens is 3. The third-order valence-corrected chi connectivity index (χ3v) is 5.41. The van der Waals surface area contributed by atoms with Crippen LogP contribution in [-0.2, 0) is 16.1 Å². The maximum atomic E-state index is 12.4. The lowest BCUT2D eigenvalue weighted by atomic mass is 9.97. The van der Waals surface area contributed by atoms with Crippen molar-refractivity contribution in [1.29, 1.82) is 0 Å². The Balaban J connectivity index is 1.24. The van der Waals surface area contributed by atoms with Crippen molar-refractivity contribution in [2.75, 3.05) is 23.3 Å². The second-order valence-corrected chi connectivity index (χ2v) is 7.41. The van der Waals surface area contributed by atoms with Crippen LogP contribution in [-0.4, -0.2) is 34.0 Å². The van der Waals surface area contributed by atoms with E-state index in [4.69, 9.17) is 4.74 Å². The molecule has 1 aliphatic rings. The average Bonchev–Trinajstić information content (AvgIpc) is 3.21. The van der Waals surface area contributed by atoms with Gasteiger partial charge in [-0.2, -0.15) is 0 Å². The van der Waals surface area contributed by atoms with Crippen LogP contribution >= 0.6 is 11.3 Å². The summed E-state index contributed by atoms with van der Waals surface area (Å²) in [5.74, 6) is 0.481. The van der Waals surface area contributed by atoms with E-state index in [0.29, 0.717) is 0 Å². The molecule has 0 bridgehead atoms. The highest BCUT2D eigenvalue weighted by Gasteiger charge is 2.27. The van der Waals surface area contributed by atoms with E-state index in [-0.39, 0.29) is 18.5 Å². The normalized spacial score (nSPS) is 14.6. The molecule has 4 rings (SSSR count). The number of para-hydroxylation sites is 1. The monoisotopic (exact) mass is 395 g/mol. The molecule has 1 N–H and O–H groups in total. The van der Waals surface area contributed by atoms with Crippen molar-refractivity contribution in [3.05, 3.63) is 59.9 Å². The van der Waals surface area contributed by atoms with Gasteiger partial charge in [0.1, 0.15) is 6.61 Å². The van der Waals surface area contributed by atoms with E-state index in [1.54, 1.807) is 18.5 Å². The molecule has 28 heavy (non-hydrogen) atoms. The predicted octanol–water partition coefficient (Wildman–Crippen LogP) is 3.64. The number of benzene rings is 1. The minimum atomic E-state index is -0.154. The molecule has 0 atom stereocenters. The van der Waals surface area contributed by atoms with Gasteiger partial charge >= 0.3 is 5.97 Å². The first-order valence-corrected chi connectivity index (χ1v) is 10.1. The SMILES string of the molecule is O=C(OCc1csc(Nc2ccccc2)n1)C1CCN(c2ncccn2)CC1. The van der Waals surface area contributed by atoms with Crippen LogP contribution in [0.5, 0.6) is 0 Å². The van der Waals surface area contributed by atoms with Crippen LogP contribution in [0.2, 0.25) is 0 Å². The van der Waals surface area contributed by atoms with Crippen LogP contribution in [0.15, 0.2) is 54.2 Å². The Morgan fingerprint density at radius 2 is 1.89 bits per heavy atom. The zero-order valence-electron chi connectivity index (χ0n) is 15.3. The van der Waals surface area contributed by atoms with Crippen molar-refractivity contribution >= 4 is 34.1 Å². The van der Waals surface area contributed by atoms with Gasteiger partial charge < -0.3 is 15.0 Å². The standard InChI is InChI=1S/C20H21N5O2S/c26-18(15-7-11-25(12-8-15)19-21-9-4-10-22-19)27-13-17-14-28-20(24-17)23-16-5-2-1-3-6-16/h1-6,9-10,14-15H,7-8,11-13H2,(H,23,24). The van der Waals surface area contributed by atoms with E-state index in [1.807, 2.05) is 35.7 Å². The number of rotatable bonds is 6. The molecule has 0 amide bonds. The Labute approximate surface area is 167 Å². The summed E-state index contributed by atoms with van der Waals surface area (Å²) in [4.78, 5) is 27.5. The van der Waals surface area contributed by atoms with Gasteiger partial charge in [-0.15, -0.1) is 11.3 Å². The minimum absolute atomic E-state index is 0.0829. The molecule has 1 saturated heterocycles. The molecule has 2 aromatic heterocycles. The van der Waals surface area contributed by atoms with Crippen LogP contribution in [0.1, 0.15) is 18.5 Å². The summed E-state index contributed by atoms with van der Waals surface area (Å²) in [7, 11) is 0. The summed E-state index contributed by atoms with van der Waals surface area (Å²) in [6.45, 7) is 1.71. The number of esters is 1. The second kappa shape index (κ2) is 8.79. The topological polar surface area (TPSA) is 80.2 Å². The Hall–Kier alpha value is -3.00. The summed E-state index contributed by atoms with van der Waals surface area (Å²) in [5, 5.41) is 5.94. The third kappa shape index (κ3) is 4.64. The van der Waals surface area contributed by atoms with Gasteiger partial charge in [-0.25, -0.2) is 15.0 Å². The van der Waals surface area contributed by atoms with Crippen molar-refractivity contribution in [3.63, 3.8) is 0 Å². The largest absolute Gasteiger partial charge is 0.459 e. The van der Waals surface area contributed by atoms with E-state index < -0.39 is 0 Å². The number of nitrogens with one attached hydrogen (secondary N) is 1. The van der Waals surface area contributed by atoms with Gasteiger partial charge in [0.15, 0.2) is 5.13 Å². The fourth-order valence-corrected chi connectivity index (χ4v) is 3.82. The van der Waals surface area contributed by atoms with Crippen molar-refractivity contribution in [3.8, 4) is 0 Å². The summed E-state index contributed by atoms with van der Waals surface area (Å²) >= 11 is 1.50. The average molecular weight is 395 g/mol. The predicted molar refractivity (Wildman–Crippen MR) is 109 cm³/mol. The first-order chi connectivity index (χ1) is 13.8. The summed E-state index contributed by atoms with van der Waals surface area (Å²) in [6.07, 6.45) is 4.96. The number of thiazole rings is 1. The molecule has 0 spiro atoms. The van der Waals surface area contributed by atoms with Crippen LogP contribution in [0.25, 0.3) is 0 Å². The lowest BCUT2D eigenvalue weighted by Gasteiger charge is -2.30. The van der Waals surface area contributed by atoms with Crippen LogP contribution in [0, 0.1) is 5.92 Å². The number of carbonyl (C=O) groups is 1. The lowest BCUT2D eigenvalue weighted by Crippen LogP contribution is -2.37. The van der Waals surface area contributed by atoms with Gasteiger partial charge in [-0.1, -0.05) is 18.2 Å². The molecular formula is C20H21N5O2S. The van der Waals surface area contributed by atoms with E-state index in [1.165, 1.54) is 11.3 Å². The summed E-state index contributed by atoms with van der Waals surface area (Å²) < 4.78 is 5.50. The molecule has 1 fully saturated rings. The van der Waals surface area contributed by atoms with Crippen LogP contribution in [0.3, 0.4) is 0 Å². The molecule has 0 aliphatic carbocycles. The first-order valence-electron chi connectivity index (χ1n) is 9.23. The Bertz CT molecular complexity index is 895. The van der Waals surface area contributed by atoms with E-state index in [9.17, 15) is 4.79 Å². The molecule has 144 valence electrons. The summed E-state index contributed by atoms with van der Waals surface area (Å²) in [6, 6.07) is 11.7. The minimum Gasteiger partial charge on any atom is -0.459 e.